The van der Waals surface area contributed by atoms with Crippen molar-refractivity contribution in [1.29, 1.82) is 0 Å². The zero-order valence-electron chi connectivity index (χ0n) is 31.8. The van der Waals surface area contributed by atoms with Crippen LogP contribution in [0.25, 0.3) is 78.1 Å². The van der Waals surface area contributed by atoms with E-state index in [9.17, 15) is 0 Å². The highest BCUT2D eigenvalue weighted by Crippen LogP contribution is 2.64. The van der Waals surface area contributed by atoms with E-state index in [0.29, 0.717) is 5.82 Å². The fraction of sp³-hybridized carbons (Fsp3) is 0.0741. The average Bonchev–Trinajstić information content (AvgIpc) is 3.80. The van der Waals surface area contributed by atoms with Gasteiger partial charge in [-0.2, -0.15) is 0 Å². The fourth-order valence-corrected chi connectivity index (χ4v) is 10.1. The Labute approximate surface area is 336 Å². The normalized spacial score (nSPS) is 17.0. The molecule has 3 heterocycles. The molecule has 1 aliphatic heterocycles. The summed E-state index contributed by atoms with van der Waals surface area (Å²) in [5.41, 5.74) is 14.5. The second kappa shape index (κ2) is 12.6. The van der Waals surface area contributed by atoms with Crippen LogP contribution >= 0.6 is 0 Å². The zero-order valence-corrected chi connectivity index (χ0v) is 31.8. The molecule has 0 amide bonds. The van der Waals surface area contributed by atoms with Gasteiger partial charge in [-0.1, -0.05) is 159 Å². The molecule has 7 aromatic carbocycles. The lowest BCUT2D eigenvalue weighted by Crippen LogP contribution is -2.45. The number of nitrogens with zero attached hydrogens (tertiary/aromatic N) is 2. The van der Waals surface area contributed by atoms with E-state index in [2.05, 4.69) is 159 Å². The van der Waals surface area contributed by atoms with Gasteiger partial charge in [-0.3, -0.25) is 0 Å². The predicted octanol–water partition coefficient (Wildman–Crippen LogP) is 13.5. The molecule has 0 saturated heterocycles. The van der Waals surface area contributed by atoms with Crippen LogP contribution in [0.2, 0.25) is 0 Å². The summed E-state index contributed by atoms with van der Waals surface area (Å²) < 4.78 is 13.3. The largest absolute Gasteiger partial charge is 0.461 e. The first kappa shape index (κ1) is 32.9. The average molecular weight is 745 g/mol. The highest BCUT2D eigenvalue weighted by Gasteiger charge is 2.56. The summed E-state index contributed by atoms with van der Waals surface area (Å²) in [6.45, 7) is 2.33. The molecule has 58 heavy (non-hydrogen) atoms. The van der Waals surface area contributed by atoms with Gasteiger partial charge in [0, 0.05) is 38.9 Å². The minimum atomic E-state index is -0.401. The SMILES string of the molecule is CC1C=CC=C2Oc3cc(-c4ccccc4-c4cc(-c5ccc6c(c5)oc5ccccc56)nc(-c5ccccc5)n4)ccc3C3(c4ccccc4-c4ccccc43)[C@@H]21. The Hall–Kier alpha value is -7.30. The van der Waals surface area contributed by atoms with Crippen LogP contribution in [0.1, 0.15) is 23.6 Å². The number of hydrogen-bond donors (Lipinski definition) is 0. The number of hydrogen-bond acceptors (Lipinski definition) is 4. The van der Waals surface area contributed by atoms with Gasteiger partial charge in [0.15, 0.2) is 5.82 Å². The van der Waals surface area contributed by atoms with Crippen molar-refractivity contribution in [3.05, 3.63) is 211 Å². The fourth-order valence-electron chi connectivity index (χ4n) is 10.1. The lowest BCUT2D eigenvalue weighted by atomic mass is 9.58. The van der Waals surface area contributed by atoms with Crippen LogP contribution in [0.5, 0.6) is 5.75 Å². The van der Waals surface area contributed by atoms with Gasteiger partial charge in [0.1, 0.15) is 22.7 Å². The molecular weight excluding hydrogens is 709 g/mol. The number of allylic oxidation sites excluding steroid dienone is 4. The summed E-state index contributed by atoms with van der Waals surface area (Å²) in [7, 11) is 0. The van der Waals surface area contributed by atoms with Crippen LogP contribution in [0.15, 0.2) is 198 Å². The standard InChI is InChI=1S/C54H36N2O2/c1-33-14-13-25-49-52(33)54(43-22-10-7-18-38(43)39-19-8-11-23-44(39)54)45-29-27-35(30-51(45)58-49)37-17-5-6-20-40(37)47-32-46(55-53(56-47)34-15-3-2-4-16-34)36-26-28-42-41-21-9-12-24-48(41)57-50(42)31-36/h2-33,52H,1H3/t33?,52-/m1/s1. The number of fused-ring (bicyclic) bond motifs is 12. The molecule has 2 atom stereocenters. The van der Waals surface area contributed by atoms with Crippen molar-refractivity contribution < 1.29 is 9.15 Å². The summed E-state index contributed by atoms with van der Waals surface area (Å²) in [5.74, 6) is 2.94. The molecule has 0 bridgehead atoms. The molecule has 0 radical (unpaired) electrons. The maximum absolute atomic E-state index is 7.02. The Morgan fingerprint density at radius 3 is 1.97 bits per heavy atom. The molecule has 2 aliphatic carbocycles. The number of benzene rings is 7. The van der Waals surface area contributed by atoms with Crippen molar-refractivity contribution in [2.45, 2.75) is 12.3 Å². The minimum Gasteiger partial charge on any atom is -0.461 e. The van der Waals surface area contributed by atoms with Gasteiger partial charge in [-0.25, -0.2) is 9.97 Å². The summed E-state index contributed by atoms with van der Waals surface area (Å²) in [6.07, 6.45) is 6.66. The topological polar surface area (TPSA) is 48.2 Å². The maximum Gasteiger partial charge on any atom is 0.160 e. The van der Waals surface area contributed by atoms with Crippen LogP contribution < -0.4 is 4.74 Å². The monoisotopic (exact) mass is 744 g/mol. The lowest BCUT2D eigenvalue weighted by molar-refractivity contribution is 0.216. The summed E-state index contributed by atoms with van der Waals surface area (Å²) in [6, 6.07) is 60.2. The van der Waals surface area contributed by atoms with Crippen LogP contribution in [0.4, 0.5) is 0 Å². The molecule has 0 fully saturated rings. The summed E-state index contributed by atoms with van der Waals surface area (Å²) in [4.78, 5) is 10.4. The number of rotatable bonds is 4. The second-order valence-corrected chi connectivity index (χ2v) is 15.7. The molecule has 0 saturated carbocycles. The third-order valence-corrected chi connectivity index (χ3v) is 12.5. The van der Waals surface area contributed by atoms with E-state index in [0.717, 1.165) is 72.7 Å². The molecule has 3 aliphatic rings. The molecular formula is C54H36N2O2. The number of aromatic nitrogens is 2. The first-order valence-electron chi connectivity index (χ1n) is 20.0. The quantitative estimate of drug-likeness (QED) is 0.180. The van der Waals surface area contributed by atoms with E-state index in [-0.39, 0.29) is 11.8 Å². The highest BCUT2D eigenvalue weighted by molar-refractivity contribution is 6.06. The molecule has 1 spiro atoms. The molecule has 274 valence electrons. The van der Waals surface area contributed by atoms with E-state index in [1.165, 1.54) is 27.8 Å². The summed E-state index contributed by atoms with van der Waals surface area (Å²) >= 11 is 0. The van der Waals surface area contributed by atoms with Gasteiger partial charge in [0.25, 0.3) is 0 Å². The second-order valence-electron chi connectivity index (χ2n) is 15.7. The van der Waals surface area contributed by atoms with E-state index >= 15 is 0 Å². The molecule has 4 heteroatoms. The van der Waals surface area contributed by atoms with Crippen molar-refractivity contribution in [3.63, 3.8) is 0 Å². The van der Waals surface area contributed by atoms with Crippen molar-refractivity contribution in [1.82, 2.24) is 9.97 Å². The highest BCUT2D eigenvalue weighted by atomic mass is 16.5. The Morgan fingerprint density at radius 2 is 1.16 bits per heavy atom. The molecule has 2 aromatic heterocycles. The number of ether oxygens (including phenoxy) is 1. The maximum atomic E-state index is 7.02. The Bertz CT molecular complexity index is 3140. The third-order valence-electron chi connectivity index (χ3n) is 12.5. The zero-order chi connectivity index (χ0) is 38.4. The van der Waals surface area contributed by atoms with E-state index in [1.54, 1.807) is 0 Å². The smallest absolute Gasteiger partial charge is 0.160 e. The molecule has 9 aromatic rings. The molecule has 4 nitrogen and oxygen atoms in total. The van der Waals surface area contributed by atoms with Crippen LogP contribution in [0.3, 0.4) is 0 Å². The van der Waals surface area contributed by atoms with Gasteiger partial charge in [-0.05, 0) is 75.7 Å². The first-order chi connectivity index (χ1) is 28.6. The summed E-state index contributed by atoms with van der Waals surface area (Å²) in [5, 5.41) is 2.19. The van der Waals surface area contributed by atoms with Gasteiger partial charge in [0.2, 0.25) is 0 Å². The third kappa shape index (κ3) is 4.75. The van der Waals surface area contributed by atoms with Crippen LogP contribution in [0, 0.1) is 11.8 Å². The van der Waals surface area contributed by atoms with Gasteiger partial charge in [0.05, 0.1) is 16.8 Å². The van der Waals surface area contributed by atoms with Gasteiger partial charge >= 0.3 is 0 Å². The van der Waals surface area contributed by atoms with Gasteiger partial charge in [-0.15, -0.1) is 0 Å². The van der Waals surface area contributed by atoms with Crippen LogP contribution in [-0.4, -0.2) is 9.97 Å². The lowest BCUT2D eigenvalue weighted by Gasteiger charge is -2.48. The Balaban J connectivity index is 1.04. The van der Waals surface area contributed by atoms with Crippen molar-refractivity contribution in [2.24, 2.45) is 11.8 Å². The number of para-hydroxylation sites is 1. The van der Waals surface area contributed by atoms with Crippen LogP contribution in [-0.2, 0) is 5.41 Å². The van der Waals surface area contributed by atoms with E-state index < -0.39 is 5.41 Å². The van der Waals surface area contributed by atoms with E-state index in [1.807, 2.05) is 36.4 Å². The van der Waals surface area contributed by atoms with Crippen molar-refractivity contribution in [3.8, 4) is 61.9 Å². The molecule has 1 unspecified atom stereocenters. The Kier molecular flexibility index (Phi) is 7.15. The van der Waals surface area contributed by atoms with Crippen molar-refractivity contribution >= 4 is 21.9 Å². The Morgan fingerprint density at radius 1 is 0.500 bits per heavy atom. The minimum absolute atomic E-state index is 0.113. The molecule has 0 N–H and O–H groups in total. The molecule has 12 rings (SSSR count). The predicted molar refractivity (Wildman–Crippen MR) is 233 cm³/mol. The van der Waals surface area contributed by atoms with Gasteiger partial charge < -0.3 is 9.15 Å². The van der Waals surface area contributed by atoms with Crippen molar-refractivity contribution in [2.75, 3.05) is 0 Å². The number of furan rings is 1. The first-order valence-corrected chi connectivity index (χ1v) is 20.0. The van der Waals surface area contributed by atoms with E-state index in [4.69, 9.17) is 19.1 Å².